The van der Waals surface area contributed by atoms with E-state index in [0.717, 1.165) is 0 Å². The van der Waals surface area contributed by atoms with Crippen molar-refractivity contribution in [2.75, 3.05) is 0 Å². The molecule has 2 aromatic carbocycles. The first-order chi connectivity index (χ1) is 12.4. The third-order valence-corrected chi connectivity index (χ3v) is 3.76. The minimum absolute atomic E-state index is 0.0857. The molecule has 2 unspecified atom stereocenters. The number of phenols is 1. The number of hydrogen-bond donors (Lipinski definition) is 4. The number of benzene rings is 2. The van der Waals surface area contributed by atoms with Crippen molar-refractivity contribution in [1.29, 1.82) is 0 Å². The van der Waals surface area contributed by atoms with Gasteiger partial charge in [-0.25, -0.2) is 0 Å². The van der Waals surface area contributed by atoms with Crippen LogP contribution in [0.25, 0.3) is 0 Å². The van der Waals surface area contributed by atoms with Crippen molar-refractivity contribution in [2.45, 2.75) is 25.4 Å². The van der Waals surface area contributed by atoms with E-state index in [-0.39, 0.29) is 12.2 Å². The molecule has 0 saturated carbocycles. The maximum atomic E-state index is 12.5. The van der Waals surface area contributed by atoms with Crippen LogP contribution < -0.4 is 10.6 Å². The van der Waals surface area contributed by atoms with E-state index >= 15 is 0 Å². The van der Waals surface area contributed by atoms with E-state index in [1.807, 2.05) is 0 Å². The summed E-state index contributed by atoms with van der Waals surface area (Å²) < 4.78 is 0. The van der Waals surface area contributed by atoms with Crippen molar-refractivity contribution in [3.8, 4) is 5.75 Å². The van der Waals surface area contributed by atoms with E-state index in [1.165, 1.54) is 19.1 Å². The molecule has 4 N–H and O–H groups in total. The molecule has 0 fully saturated rings. The minimum Gasteiger partial charge on any atom is -0.508 e. The van der Waals surface area contributed by atoms with Gasteiger partial charge in [-0.15, -0.1) is 0 Å². The van der Waals surface area contributed by atoms with Crippen molar-refractivity contribution in [3.05, 3.63) is 65.7 Å². The van der Waals surface area contributed by atoms with Crippen LogP contribution >= 0.6 is 0 Å². The lowest BCUT2D eigenvalue weighted by Crippen LogP contribution is -2.51. The summed E-state index contributed by atoms with van der Waals surface area (Å²) in [6.07, 6.45) is 0.150. The number of phenolic OH excluding ortho intramolecular Hbond substituents is 1. The number of carboxylic acid groups (broad SMARTS) is 1. The van der Waals surface area contributed by atoms with Crippen molar-refractivity contribution >= 4 is 17.8 Å². The summed E-state index contributed by atoms with van der Waals surface area (Å²) in [6.45, 7) is 1.34. The van der Waals surface area contributed by atoms with Gasteiger partial charge in [0.25, 0.3) is 5.91 Å². The molecule has 2 aromatic rings. The van der Waals surface area contributed by atoms with Gasteiger partial charge in [0, 0.05) is 12.0 Å². The zero-order valence-electron chi connectivity index (χ0n) is 14.2. The summed E-state index contributed by atoms with van der Waals surface area (Å²) in [7, 11) is 0. The second-order valence-electron chi connectivity index (χ2n) is 5.83. The summed E-state index contributed by atoms with van der Waals surface area (Å²) in [5, 5.41) is 23.3. The predicted molar refractivity (Wildman–Crippen MR) is 94.7 cm³/mol. The zero-order chi connectivity index (χ0) is 19.1. The highest BCUT2D eigenvalue weighted by Crippen LogP contribution is 2.12. The highest BCUT2D eigenvalue weighted by atomic mass is 16.4. The monoisotopic (exact) mass is 356 g/mol. The first-order valence-electron chi connectivity index (χ1n) is 8.04. The van der Waals surface area contributed by atoms with Gasteiger partial charge in [-0.3, -0.25) is 14.4 Å². The van der Waals surface area contributed by atoms with Gasteiger partial charge in [0.2, 0.25) is 5.91 Å². The molecule has 0 aliphatic carbocycles. The lowest BCUT2D eigenvalue weighted by atomic mass is 10.0. The number of aromatic hydroxyl groups is 1. The van der Waals surface area contributed by atoms with Gasteiger partial charge in [0.05, 0.1) is 0 Å². The van der Waals surface area contributed by atoms with Crippen LogP contribution in [0.15, 0.2) is 54.6 Å². The number of rotatable bonds is 7. The lowest BCUT2D eigenvalue weighted by Gasteiger charge is -2.20. The smallest absolute Gasteiger partial charge is 0.325 e. The Morgan fingerprint density at radius 3 is 2.15 bits per heavy atom. The second-order valence-corrected chi connectivity index (χ2v) is 5.83. The summed E-state index contributed by atoms with van der Waals surface area (Å²) in [6, 6.07) is 12.6. The van der Waals surface area contributed by atoms with Crippen molar-refractivity contribution in [3.63, 3.8) is 0 Å². The van der Waals surface area contributed by atoms with E-state index in [0.29, 0.717) is 11.1 Å². The van der Waals surface area contributed by atoms with Crippen LogP contribution in [-0.2, 0) is 16.0 Å². The number of hydrogen-bond acceptors (Lipinski definition) is 4. The van der Waals surface area contributed by atoms with Crippen molar-refractivity contribution < 1.29 is 24.6 Å². The third kappa shape index (κ3) is 5.34. The summed E-state index contributed by atoms with van der Waals surface area (Å²) in [5.41, 5.74) is 1.10. The molecular weight excluding hydrogens is 336 g/mol. The molecule has 2 amide bonds. The van der Waals surface area contributed by atoms with Gasteiger partial charge in [0.1, 0.15) is 17.8 Å². The van der Waals surface area contributed by atoms with Crippen LogP contribution in [0.1, 0.15) is 22.8 Å². The number of aliphatic carboxylic acids is 1. The van der Waals surface area contributed by atoms with E-state index in [1.54, 1.807) is 42.5 Å². The molecule has 0 aromatic heterocycles. The van der Waals surface area contributed by atoms with Crippen LogP contribution in [-0.4, -0.2) is 40.1 Å². The number of carbonyl (C=O) groups excluding carboxylic acids is 2. The lowest BCUT2D eigenvalue weighted by molar-refractivity contribution is -0.141. The van der Waals surface area contributed by atoms with Gasteiger partial charge < -0.3 is 20.8 Å². The van der Waals surface area contributed by atoms with E-state index < -0.39 is 29.9 Å². The maximum Gasteiger partial charge on any atom is 0.325 e. The molecule has 0 bridgehead atoms. The van der Waals surface area contributed by atoms with Crippen LogP contribution in [0.3, 0.4) is 0 Å². The standard InChI is InChI=1S/C19H20N2O5/c1-12(19(25)26)20-18(24)16(11-13-7-9-15(22)10-8-13)21-17(23)14-5-3-2-4-6-14/h2-10,12,16,22H,11H2,1H3,(H,20,24)(H,21,23)(H,25,26). The Bertz CT molecular complexity index is 774. The van der Waals surface area contributed by atoms with E-state index in [2.05, 4.69) is 10.6 Å². The van der Waals surface area contributed by atoms with Crippen molar-refractivity contribution in [2.24, 2.45) is 0 Å². The number of nitrogens with one attached hydrogen (secondary N) is 2. The maximum absolute atomic E-state index is 12.5. The minimum atomic E-state index is -1.17. The van der Waals surface area contributed by atoms with E-state index in [9.17, 15) is 19.5 Å². The third-order valence-electron chi connectivity index (χ3n) is 3.76. The summed E-state index contributed by atoms with van der Waals surface area (Å²) >= 11 is 0. The number of carbonyl (C=O) groups is 3. The predicted octanol–water partition coefficient (Wildman–Crippen LogP) is 1.32. The van der Waals surface area contributed by atoms with Crippen LogP contribution in [0.4, 0.5) is 0 Å². The fraction of sp³-hybridized carbons (Fsp3) is 0.211. The van der Waals surface area contributed by atoms with Gasteiger partial charge in [-0.05, 0) is 36.8 Å². The second kappa shape index (κ2) is 8.66. The molecule has 0 aliphatic rings. The Morgan fingerprint density at radius 1 is 0.962 bits per heavy atom. The molecule has 136 valence electrons. The highest BCUT2D eigenvalue weighted by Gasteiger charge is 2.25. The summed E-state index contributed by atoms with van der Waals surface area (Å²) in [5.74, 6) is -2.12. The number of amides is 2. The fourth-order valence-corrected chi connectivity index (χ4v) is 2.28. The Kier molecular flexibility index (Phi) is 6.32. The molecule has 0 spiro atoms. The van der Waals surface area contributed by atoms with Gasteiger partial charge in [-0.2, -0.15) is 0 Å². The molecule has 7 heteroatoms. The first kappa shape index (κ1) is 19.0. The molecule has 7 nitrogen and oxygen atoms in total. The Morgan fingerprint density at radius 2 is 1.58 bits per heavy atom. The Balaban J connectivity index is 2.17. The molecule has 0 aliphatic heterocycles. The quantitative estimate of drug-likeness (QED) is 0.597. The highest BCUT2D eigenvalue weighted by molar-refractivity contribution is 5.98. The zero-order valence-corrected chi connectivity index (χ0v) is 14.2. The largest absolute Gasteiger partial charge is 0.508 e. The average Bonchev–Trinajstić information content (AvgIpc) is 2.63. The normalized spacial score (nSPS) is 12.7. The van der Waals surface area contributed by atoms with Crippen molar-refractivity contribution in [1.82, 2.24) is 10.6 Å². The topological polar surface area (TPSA) is 116 Å². The molecule has 2 rings (SSSR count). The molecule has 26 heavy (non-hydrogen) atoms. The Hall–Kier alpha value is -3.35. The molecule has 2 atom stereocenters. The average molecular weight is 356 g/mol. The molecule has 0 saturated heterocycles. The Labute approximate surface area is 150 Å². The van der Waals surface area contributed by atoms with Gasteiger partial charge in [-0.1, -0.05) is 30.3 Å². The van der Waals surface area contributed by atoms with E-state index in [4.69, 9.17) is 5.11 Å². The summed E-state index contributed by atoms with van der Waals surface area (Å²) in [4.78, 5) is 35.8. The van der Waals surface area contributed by atoms with Crippen LogP contribution in [0, 0.1) is 0 Å². The first-order valence-corrected chi connectivity index (χ1v) is 8.04. The fourth-order valence-electron chi connectivity index (χ4n) is 2.28. The molecule has 0 radical (unpaired) electrons. The van der Waals surface area contributed by atoms with Gasteiger partial charge >= 0.3 is 5.97 Å². The van der Waals surface area contributed by atoms with Crippen LogP contribution in [0.2, 0.25) is 0 Å². The van der Waals surface area contributed by atoms with Gasteiger partial charge in [0.15, 0.2) is 0 Å². The molecular formula is C19H20N2O5. The van der Waals surface area contributed by atoms with Crippen LogP contribution in [0.5, 0.6) is 5.75 Å². The molecule has 0 heterocycles. The number of carboxylic acids is 1. The SMILES string of the molecule is CC(NC(=O)C(Cc1ccc(O)cc1)NC(=O)c1ccccc1)C(=O)O.